The van der Waals surface area contributed by atoms with Gasteiger partial charge in [0.05, 0.1) is 5.92 Å². The van der Waals surface area contributed by atoms with Gasteiger partial charge in [-0.3, -0.25) is 9.59 Å². The summed E-state index contributed by atoms with van der Waals surface area (Å²) in [6.07, 6.45) is 6.28. The van der Waals surface area contributed by atoms with E-state index < -0.39 is 21.1 Å². The number of nitrogens with one attached hydrogen (secondary N) is 1. The van der Waals surface area contributed by atoms with Crippen molar-refractivity contribution >= 4 is 21.7 Å². The topological polar surface area (TPSA) is 83.6 Å². The maximum atomic E-state index is 11.9. The van der Waals surface area contributed by atoms with Gasteiger partial charge in [-0.15, -0.1) is 0 Å². The van der Waals surface area contributed by atoms with Crippen LogP contribution in [0.3, 0.4) is 0 Å². The highest BCUT2D eigenvalue weighted by atomic mass is 32.2. The molecule has 2 unspecified atom stereocenters. The van der Waals surface area contributed by atoms with Crippen LogP contribution in [0.1, 0.15) is 38.2 Å². The van der Waals surface area contributed by atoms with Crippen molar-refractivity contribution in [1.82, 2.24) is 10.2 Å². The number of sulfone groups is 1. The number of carbonyl (C=O) groups is 2. The third-order valence-corrected chi connectivity index (χ3v) is 6.26. The lowest BCUT2D eigenvalue weighted by Crippen LogP contribution is -2.64. The van der Waals surface area contributed by atoms with Crippen LogP contribution in [0.25, 0.3) is 0 Å². The summed E-state index contributed by atoms with van der Waals surface area (Å²) in [5, 5.41) is 1.89. The average molecular weight is 381 g/mol. The zero-order valence-corrected chi connectivity index (χ0v) is 16.3. The second-order valence-corrected chi connectivity index (χ2v) is 9.12. The van der Waals surface area contributed by atoms with E-state index in [4.69, 9.17) is 0 Å². The first-order valence-electron chi connectivity index (χ1n) is 9.10. The fraction of sp³-hybridized carbons (Fsp3) is 0.579. The molecule has 26 heavy (non-hydrogen) atoms. The summed E-state index contributed by atoms with van der Waals surface area (Å²) in [4.78, 5) is 24.9. The third-order valence-electron chi connectivity index (χ3n) is 4.72. The van der Waals surface area contributed by atoms with Crippen LogP contribution >= 0.6 is 0 Å². The Balaban J connectivity index is 1.58. The molecule has 2 amide bonds. The van der Waals surface area contributed by atoms with Crippen LogP contribution < -0.4 is 5.32 Å². The number of aryl methyl sites for hydroxylation is 1. The summed E-state index contributed by atoms with van der Waals surface area (Å²) in [5.41, 5.74) is 1.34. The van der Waals surface area contributed by atoms with E-state index >= 15 is 0 Å². The Bertz CT molecular complexity index is 718. The molecule has 144 valence electrons. The zero-order chi connectivity index (χ0) is 19.2. The van der Waals surface area contributed by atoms with E-state index in [-0.39, 0.29) is 18.4 Å². The van der Waals surface area contributed by atoms with Gasteiger partial charge in [0.2, 0.25) is 11.8 Å². The first-order valence-corrected chi connectivity index (χ1v) is 11.1. The number of β-lactam (4-membered cyclic amide) rings is 1. The van der Waals surface area contributed by atoms with Crippen LogP contribution in [0.5, 0.6) is 0 Å². The van der Waals surface area contributed by atoms with Gasteiger partial charge in [-0.25, -0.2) is 8.42 Å². The van der Waals surface area contributed by atoms with E-state index in [0.717, 1.165) is 43.3 Å². The number of likely N-dealkylation sites (tertiary alicyclic amines) is 1. The summed E-state index contributed by atoms with van der Waals surface area (Å²) >= 11 is 0. The average Bonchev–Trinajstić information content (AvgIpc) is 2.60. The van der Waals surface area contributed by atoms with Gasteiger partial charge in [-0.2, -0.15) is 0 Å². The minimum atomic E-state index is -3.38. The Morgan fingerprint density at radius 1 is 1.12 bits per heavy atom. The van der Waals surface area contributed by atoms with Gasteiger partial charge in [0.1, 0.15) is 11.9 Å². The Kier molecular flexibility index (Phi) is 7.20. The lowest BCUT2D eigenvalue weighted by atomic mass is 10.0. The van der Waals surface area contributed by atoms with E-state index in [1.807, 2.05) is 18.2 Å². The Morgan fingerprint density at radius 2 is 1.77 bits per heavy atom. The number of hydrogen-bond donors (Lipinski definition) is 1. The highest BCUT2D eigenvalue weighted by Gasteiger charge is 2.50. The van der Waals surface area contributed by atoms with Crippen LogP contribution in [0.4, 0.5) is 0 Å². The van der Waals surface area contributed by atoms with Gasteiger partial charge in [0.15, 0.2) is 9.84 Å². The van der Waals surface area contributed by atoms with Gasteiger partial charge >= 0.3 is 0 Å². The fourth-order valence-electron chi connectivity index (χ4n) is 3.36. The molecule has 1 saturated heterocycles. The summed E-state index contributed by atoms with van der Waals surface area (Å²) < 4.78 is 23.4. The molecule has 1 N–H and O–H groups in total. The highest BCUT2D eigenvalue weighted by molar-refractivity contribution is 7.91. The molecule has 0 aromatic heterocycles. The molecule has 1 aromatic carbocycles. The molecule has 0 saturated carbocycles. The molecule has 1 aliphatic heterocycles. The van der Waals surface area contributed by atoms with Crippen LogP contribution in [0, 0.1) is 5.92 Å². The Hall–Kier alpha value is -1.89. The van der Waals surface area contributed by atoms with E-state index in [9.17, 15) is 18.0 Å². The Labute approximate surface area is 155 Å². The molecule has 2 atom stereocenters. The number of carbonyl (C=O) groups excluding carboxylic acids is 2. The van der Waals surface area contributed by atoms with Crippen molar-refractivity contribution in [2.45, 2.75) is 44.4 Å². The monoisotopic (exact) mass is 380 g/mol. The normalized spacial score (nSPS) is 19.9. The van der Waals surface area contributed by atoms with Crippen LogP contribution in [0.15, 0.2) is 30.3 Å². The number of rotatable bonds is 10. The summed E-state index contributed by atoms with van der Waals surface area (Å²) in [7, 11) is -3.38. The molecule has 2 rings (SSSR count). The molecule has 1 fully saturated rings. The summed E-state index contributed by atoms with van der Waals surface area (Å²) in [5.74, 6) is -1.15. The minimum Gasteiger partial charge on any atom is -0.355 e. The predicted molar refractivity (Wildman–Crippen MR) is 101 cm³/mol. The fourth-order valence-corrected chi connectivity index (χ4v) is 4.86. The van der Waals surface area contributed by atoms with E-state index in [2.05, 4.69) is 17.4 Å². The maximum Gasteiger partial charge on any atom is 0.239 e. The standard InChI is InChI=1S/C19H28N2O4S/c1-15-18(23)21(19(15)26(2,24)25)14-17(22)20-13-9-4-3-6-10-16-11-7-5-8-12-16/h5,7-8,11-12,15,19H,3-4,6,9-10,13-14H2,1-2H3,(H,20,22). The minimum absolute atomic E-state index is 0.186. The molecule has 1 heterocycles. The molecular weight excluding hydrogens is 352 g/mol. The second kappa shape index (κ2) is 9.16. The predicted octanol–water partition coefficient (Wildman–Crippen LogP) is 1.75. The number of amides is 2. The molecule has 1 aromatic rings. The number of hydrogen-bond acceptors (Lipinski definition) is 4. The van der Waals surface area contributed by atoms with Crippen LogP contribution in [-0.4, -0.2) is 49.9 Å². The molecule has 0 radical (unpaired) electrons. The summed E-state index contributed by atoms with van der Waals surface area (Å²) in [6.45, 7) is 1.94. The zero-order valence-electron chi connectivity index (χ0n) is 15.5. The van der Waals surface area contributed by atoms with Gasteiger partial charge in [0, 0.05) is 12.8 Å². The van der Waals surface area contributed by atoms with Crippen molar-refractivity contribution in [3.8, 4) is 0 Å². The molecule has 6 nitrogen and oxygen atoms in total. The van der Waals surface area contributed by atoms with Crippen molar-refractivity contribution in [3.05, 3.63) is 35.9 Å². The first kappa shape index (κ1) is 20.4. The van der Waals surface area contributed by atoms with Crippen LogP contribution in [-0.2, 0) is 25.8 Å². The molecular formula is C19H28N2O4S. The smallest absolute Gasteiger partial charge is 0.239 e. The van der Waals surface area contributed by atoms with E-state index in [0.29, 0.717) is 6.54 Å². The van der Waals surface area contributed by atoms with E-state index in [1.165, 1.54) is 5.56 Å². The van der Waals surface area contributed by atoms with Gasteiger partial charge in [-0.1, -0.05) is 50.1 Å². The van der Waals surface area contributed by atoms with Crippen LogP contribution in [0.2, 0.25) is 0 Å². The van der Waals surface area contributed by atoms with Crippen molar-refractivity contribution in [2.75, 3.05) is 19.3 Å². The SMILES string of the molecule is CC1C(=O)N(CC(=O)NCCCCCCc2ccccc2)C1S(C)(=O)=O. The highest BCUT2D eigenvalue weighted by Crippen LogP contribution is 2.29. The van der Waals surface area contributed by atoms with Crippen molar-refractivity contribution in [3.63, 3.8) is 0 Å². The molecule has 7 heteroatoms. The van der Waals surface area contributed by atoms with Crippen molar-refractivity contribution < 1.29 is 18.0 Å². The number of benzene rings is 1. The lowest BCUT2D eigenvalue weighted by molar-refractivity contribution is -0.152. The number of nitrogens with zero attached hydrogens (tertiary/aromatic N) is 1. The van der Waals surface area contributed by atoms with Gasteiger partial charge in [-0.05, 0) is 24.8 Å². The van der Waals surface area contributed by atoms with Gasteiger partial charge in [0.25, 0.3) is 0 Å². The summed E-state index contributed by atoms with van der Waals surface area (Å²) in [6, 6.07) is 10.4. The Morgan fingerprint density at radius 3 is 2.42 bits per heavy atom. The second-order valence-electron chi connectivity index (χ2n) is 6.97. The molecule has 0 spiro atoms. The molecule has 1 aliphatic rings. The quantitative estimate of drug-likeness (QED) is 0.495. The maximum absolute atomic E-state index is 11.9. The molecule has 0 bridgehead atoms. The lowest BCUT2D eigenvalue weighted by Gasteiger charge is -2.43. The van der Waals surface area contributed by atoms with Crippen molar-refractivity contribution in [2.24, 2.45) is 5.92 Å². The van der Waals surface area contributed by atoms with Gasteiger partial charge < -0.3 is 10.2 Å². The first-order chi connectivity index (χ1) is 12.3. The number of unbranched alkanes of at least 4 members (excludes halogenated alkanes) is 3. The van der Waals surface area contributed by atoms with Crippen molar-refractivity contribution in [1.29, 1.82) is 0 Å². The third kappa shape index (κ3) is 5.56. The largest absolute Gasteiger partial charge is 0.355 e. The molecule has 0 aliphatic carbocycles. The van der Waals surface area contributed by atoms with E-state index in [1.54, 1.807) is 6.92 Å².